The number of pyridine rings is 1. The van der Waals surface area contributed by atoms with Crippen molar-refractivity contribution in [2.45, 2.75) is 16.2 Å². The molecule has 0 N–H and O–H groups in total. The average Bonchev–Trinajstić information content (AvgIpc) is 3.13. The molecule has 0 spiro atoms. The zero-order valence-corrected chi connectivity index (χ0v) is 15.7. The van der Waals surface area contributed by atoms with Crippen LogP contribution >= 0.6 is 34.7 Å². The van der Waals surface area contributed by atoms with Gasteiger partial charge in [0.2, 0.25) is 11.7 Å². The predicted octanol–water partition coefficient (Wildman–Crippen LogP) is 4.37. The minimum atomic E-state index is 0.580. The second-order valence-electron chi connectivity index (χ2n) is 5.08. The number of nitrogens with zero attached hydrogens (tertiary/aromatic N) is 5. The first kappa shape index (κ1) is 16.3. The molecule has 25 heavy (non-hydrogen) atoms. The van der Waals surface area contributed by atoms with Crippen molar-refractivity contribution in [1.29, 1.82) is 0 Å². The molecule has 4 aromatic rings. The predicted molar refractivity (Wildman–Crippen MR) is 98.8 cm³/mol. The van der Waals surface area contributed by atoms with Gasteiger partial charge in [-0.25, -0.2) is 19.9 Å². The second-order valence-corrected chi connectivity index (χ2v) is 8.00. The highest BCUT2D eigenvalue weighted by Gasteiger charge is 2.19. The second kappa shape index (κ2) is 6.62. The molecule has 4 heterocycles. The molecule has 6 nitrogen and oxygen atoms in total. The summed E-state index contributed by atoms with van der Waals surface area (Å²) in [5, 5.41) is 0. The lowest BCUT2D eigenvalue weighted by Crippen LogP contribution is -1.91. The van der Waals surface area contributed by atoms with Crippen LogP contribution in [-0.2, 0) is 0 Å². The summed E-state index contributed by atoms with van der Waals surface area (Å²) in [4.78, 5) is 18.6. The number of methoxy groups -OCH3 is 1. The topological polar surface area (TPSA) is 65.2 Å². The fourth-order valence-electron chi connectivity index (χ4n) is 2.40. The van der Waals surface area contributed by atoms with Gasteiger partial charge in [0, 0.05) is 29.6 Å². The van der Waals surface area contributed by atoms with Gasteiger partial charge in [-0.05, 0) is 19.1 Å². The molecule has 4 aromatic heterocycles. The van der Waals surface area contributed by atoms with Crippen LogP contribution in [0.3, 0.4) is 0 Å². The number of hydrogen-bond donors (Lipinski definition) is 0. The summed E-state index contributed by atoms with van der Waals surface area (Å²) in [6.45, 7) is 1.93. The molecule has 0 fully saturated rings. The zero-order valence-electron chi connectivity index (χ0n) is 13.3. The molecule has 0 aliphatic carbocycles. The van der Waals surface area contributed by atoms with Gasteiger partial charge in [-0.3, -0.25) is 4.40 Å². The highest BCUT2D eigenvalue weighted by molar-refractivity contribution is 8.01. The lowest BCUT2D eigenvalue weighted by Gasteiger charge is -2.00. The highest BCUT2D eigenvalue weighted by atomic mass is 35.5. The molecule has 4 rings (SSSR count). The third-order valence-electron chi connectivity index (χ3n) is 3.49. The molecule has 0 bridgehead atoms. The molecule has 0 aromatic carbocycles. The van der Waals surface area contributed by atoms with Crippen LogP contribution in [0, 0.1) is 6.92 Å². The average molecular weight is 390 g/mol. The first-order valence-electron chi connectivity index (χ1n) is 7.30. The zero-order chi connectivity index (χ0) is 17.4. The first-order chi connectivity index (χ1) is 12.2. The van der Waals surface area contributed by atoms with E-state index in [4.69, 9.17) is 21.3 Å². The van der Waals surface area contributed by atoms with Crippen LogP contribution in [0.15, 0.2) is 46.0 Å². The number of imidazole rings is 1. The van der Waals surface area contributed by atoms with Gasteiger partial charge < -0.3 is 4.74 Å². The van der Waals surface area contributed by atoms with Crippen molar-refractivity contribution >= 4 is 40.5 Å². The van der Waals surface area contributed by atoms with Gasteiger partial charge in [-0.2, -0.15) is 0 Å². The minimum absolute atomic E-state index is 0.580. The molecule has 0 saturated carbocycles. The quantitative estimate of drug-likeness (QED) is 0.516. The van der Waals surface area contributed by atoms with E-state index in [0.717, 1.165) is 20.6 Å². The van der Waals surface area contributed by atoms with E-state index in [0.29, 0.717) is 21.7 Å². The largest absolute Gasteiger partial charge is 0.481 e. The Morgan fingerprint density at radius 1 is 1.24 bits per heavy atom. The number of aryl methyl sites for hydroxylation is 1. The van der Waals surface area contributed by atoms with Crippen molar-refractivity contribution in [3.05, 3.63) is 46.8 Å². The van der Waals surface area contributed by atoms with Crippen molar-refractivity contribution < 1.29 is 4.74 Å². The monoisotopic (exact) mass is 389 g/mol. The normalized spacial score (nSPS) is 11.2. The number of rotatable bonds is 4. The Kier molecular flexibility index (Phi) is 4.32. The maximum absolute atomic E-state index is 6.47. The van der Waals surface area contributed by atoms with E-state index in [-0.39, 0.29) is 0 Å². The molecule has 0 aliphatic rings. The Morgan fingerprint density at radius 3 is 2.88 bits per heavy atom. The summed E-state index contributed by atoms with van der Waals surface area (Å²) < 4.78 is 8.44. The van der Waals surface area contributed by atoms with Gasteiger partial charge in [0.05, 0.1) is 18.5 Å². The molecule has 0 unspecified atom stereocenters. The van der Waals surface area contributed by atoms with Crippen LogP contribution in [0.1, 0.15) is 5.69 Å². The van der Waals surface area contributed by atoms with Crippen LogP contribution in [0.2, 0.25) is 4.34 Å². The third kappa shape index (κ3) is 3.08. The van der Waals surface area contributed by atoms with Gasteiger partial charge in [0.1, 0.15) is 10.0 Å². The molecule has 0 saturated heterocycles. The molecule has 0 amide bonds. The van der Waals surface area contributed by atoms with Crippen LogP contribution in [0.5, 0.6) is 5.88 Å². The van der Waals surface area contributed by atoms with Gasteiger partial charge in [0.15, 0.2) is 4.34 Å². The van der Waals surface area contributed by atoms with Crippen LogP contribution in [0.4, 0.5) is 0 Å². The van der Waals surface area contributed by atoms with Gasteiger partial charge in [-0.15, -0.1) is 0 Å². The summed E-state index contributed by atoms with van der Waals surface area (Å²) in [6, 6.07) is 5.62. The van der Waals surface area contributed by atoms with E-state index in [2.05, 4.69) is 15.0 Å². The SMILES string of the molecule is COc1ccc(Sc2nc(-c3c(C)nc4ncccn34)c(Cl)s2)cn1. The number of aromatic nitrogens is 5. The number of ether oxygens (including phenoxy) is 1. The maximum Gasteiger partial charge on any atom is 0.234 e. The van der Waals surface area contributed by atoms with Crippen molar-refractivity contribution in [1.82, 2.24) is 24.3 Å². The number of fused-ring (bicyclic) bond motifs is 1. The fourth-order valence-corrected chi connectivity index (χ4v) is 4.71. The number of thiazole rings is 1. The van der Waals surface area contributed by atoms with Crippen LogP contribution in [-0.4, -0.2) is 31.4 Å². The lowest BCUT2D eigenvalue weighted by atomic mass is 10.3. The summed E-state index contributed by atoms with van der Waals surface area (Å²) in [5.74, 6) is 1.21. The van der Waals surface area contributed by atoms with E-state index in [1.807, 2.05) is 35.7 Å². The molecular weight excluding hydrogens is 378 g/mol. The van der Waals surface area contributed by atoms with Gasteiger partial charge in [-0.1, -0.05) is 34.7 Å². The van der Waals surface area contributed by atoms with E-state index < -0.39 is 0 Å². The Bertz CT molecular complexity index is 1040. The van der Waals surface area contributed by atoms with Crippen molar-refractivity contribution in [2.24, 2.45) is 0 Å². The molecule has 9 heteroatoms. The Morgan fingerprint density at radius 2 is 2.12 bits per heavy atom. The summed E-state index contributed by atoms with van der Waals surface area (Å²) in [7, 11) is 1.59. The van der Waals surface area contributed by atoms with Crippen molar-refractivity contribution in [2.75, 3.05) is 7.11 Å². The maximum atomic E-state index is 6.47. The fraction of sp³-hybridized carbons (Fsp3) is 0.125. The van der Waals surface area contributed by atoms with Crippen LogP contribution in [0.25, 0.3) is 17.2 Å². The molecule has 0 aliphatic heterocycles. The summed E-state index contributed by atoms with van der Waals surface area (Å²) >= 11 is 9.41. The van der Waals surface area contributed by atoms with Crippen LogP contribution < -0.4 is 4.74 Å². The van der Waals surface area contributed by atoms with Gasteiger partial charge >= 0.3 is 0 Å². The van der Waals surface area contributed by atoms with Crippen molar-refractivity contribution in [3.8, 4) is 17.3 Å². The van der Waals surface area contributed by atoms with E-state index in [1.54, 1.807) is 19.5 Å². The number of halogens is 1. The molecule has 0 atom stereocenters. The molecule has 0 radical (unpaired) electrons. The standard InChI is InChI=1S/C16H12ClN5OS2/c1-9-13(22-7-3-6-18-15(22)20-9)12-14(17)25-16(21-12)24-10-4-5-11(23-2)19-8-10/h3-8H,1-2H3. The highest BCUT2D eigenvalue weighted by Crippen LogP contribution is 2.40. The van der Waals surface area contributed by atoms with Crippen molar-refractivity contribution in [3.63, 3.8) is 0 Å². The van der Waals surface area contributed by atoms with E-state index in [9.17, 15) is 0 Å². The summed E-state index contributed by atoms with van der Waals surface area (Å²) in [6.07, 6.45) is 5.38. The number of hydrogen-bond acceptors (Lipinski definition) is 7. The molecular formula is C16H12ClN5OS2. The van der Waals surface area contributed by atoms with E-state index in [1.165, 1.54) is 23.1 Å². The van der Waals surface area contributed by atoms with Gasteiger partial charge in [0.25, 0.3) is 0 Å². The Labute approximate surface area is 156 Å². The minimum Gasteiger partial charge on any atom is -0.481 e. The van der Waals surface area contributed by atoms with E-state index >= 15 is 0 Å². The summed E-state index contributed by atoms with van der Waals surface area (Å²) in [5.41, 5.74) is 2.42. The lowest BCUT2D eigenvalue weighted by molar-refractivity contribution is 0.397. The molecule has 126 valence electrons. The first-order valence-corrected chi connectivity index (χ1v) is 9.31. The smallest absolute Gasteiger partial charge is 0.234 e. The third-order valence-corrected chi connectivity index (χ3v) is 5.78. The Hall–Kier alpha value is -2.16. The Balaban J connectivity index is 1.71.